The standard InChI is InChI=1S/C12H23NO2Si/c1-16(2,3)15-12(14)11-8-9-6-4-5-7-10(9)13-11/h9-11,13H,4-8H2,1-3H3/t9?,10?,11-/m0/s1. The summed E-state index contributed by atoms with van der Waals surface area (Å²) in [5.41, 5.74) is 0. The molecular weight excluding hydrogens is 218 g/mol. The van der Waals surface area contributed by atoms with Gasteiger partial charge < -0.3 is 9.74 Å². The molecule has 0 aromatic heterocycles. The van der Waals surface area contributed by atoms with Gasteiger partial charge in [-0.25, -0.2) is 0 Å². The molecule has 16 heavy (non-hydrogen) atoms. The first-order valence-electron chi connectivity index (χ1n) is 6.44. The molecule has 1 aliphatic heterocycles. The van der Waals surface area contributed by atoms with Crippen molar-refractivity contribution in [2.75, 3.05) is 0 Å². The summed E-state index contributed by atoms with van der Waals surface area (Å²) >= 11 is 0. The third-order valence-corrected chi connectivity index (χ3v) is 4.37. The van der Waals surface area contributed by atoms with Gasteiger partial charge in [0.05, 0.1) is 0 Å². The van der Waals surface area contributed by atoms with Crippen molar-refractivity contribution in [3.05, 3.63) is 0 Å². The fraction of sp³-hybridized carbons (Fsp3) is 0.917. The number of nitrogens with one attached hydrogen (secondary N) is 1. The van der Waals surface area contributed by atoms with Crippen molar-refractivity contribution >= 4 is 14.3 Å². The first kappa shape index (κ1) is 12.1. The Morgan fingerprint density at radius 3 is 2.56 bits per heavy atom. The highest BCUT2D eigenvalue weighted by atomic mass is 28.4. The Morgan fingerprint density at radius 1 is 1.25 bits per heavy atom. The minimum Gasteiger partial charge on any atom is -0.519 e. The van der Waals surface area contributed by atoms with Crippen LogP contribution in [0.5, 0.6) is 0 Å². The van der Waals surface area contributed by atoms with E-state index in [1.165, 1.54) is 25.7 Å². The zero-order valence-electron chi connectivity index (χ0n) is 10.6. The van der Waals surface area contributed by atoms with E-state index in [0.29, 0.717) is 12.0 Å². The number of carbonyl (C=O) groups is 1. The van der Waals surface area contributed by atoms with Gasteiger partial charge in [-0.15, -0.1) is 0 Å². The van der Waals surface area contributed by atoms with Gasteiger partial charge >= 0.3 is 5.97 Å². The first-order valence-corrected chi connectivity index (χ1v) is 9.85. The van der Waals surface area contributed by atoms with Gasteiger partial charge in [-0.2, -0.15) is 0 Å². The normalized spacial score (nSPS) is 34.6. The summed E-state index contributed by atoms with van der Waals surface area (Å²) in [5, 5.41) is 3.46. The van der Waals surface area contributed by atoms with E-state index in [4.69, 9.17) is 4.43 Å². The quantitative estimate of drug-likeness (QED) is 0.754. The van der Waals surface area contributed by atoms with Crippen molar-refractivity contribution in [2.45, 2.75) is 63.8 Å². The van der Waals surface area contributed by atoms with Gasteiger partial charge in [-0.05, 0) is 44.8 Å². The van der Waals surface area contributed by atoms with Gasteiger partial charge in [0.1, 0.15) is 6.04 Å². The third kappa shape index (κ3) is 2.86. The topological polar surface area (TPSA) is 38.3 Å². The average Bonchev–Trinajstić information content (AvgIpc) is 2.58. The molecule has 1 saturated heterocycles. The van der Waals surface area contributed by atoms with Crippen LogP contribution in [0.15, 0.2) is 0 Å². The molecule has 3 nitrogen and oxygen atoms in total. The second-order valence-electron chi connectivity index (χ2n) is 6.14. The van der Waals surface area contributed by atoms with E-state index in [9.17, 15) is 4.79 Å². The SMILES string of the molecule is C[Si](C)(C)OC(=O)[C@@H]1CC2CCCCC2N1. The molecule has 4 heteroatoms. The highest BCUT2D eigenvalue weighted by Crippen LogP contribution is 2.33. The highest BCUT2D eigenvalue weighted by molar-refractivity contribution is 6.71. The van der Waals surface area contributed by atoms with Crippen molar-refractivity contribution in [2.24, 2.45) is 5.92 Å². The second kappa shape index (κ2) is 4.49. The van der Waals surface area contributed by atoms with Crippen LogP contribution >= 0.6 is 0 Å². The Balaban J connectivity index is 1.90. The van der Waals surface area contributed by atoms with Gasteiger partial charge in [0.15, 0.2) is 0 Å². The molecule has 1 N–H and O–H groups in total. The van der Waals surface area contributed by atoms with Crippen LogP contribution in [-0.4, -0.2) is 26.4 Å². The lowest BCUT2D eigenvalue weighted by Crippen LogP contribution is -2.42. The molecule has 2 aliphatic rings. The van der Waals surface area contributed by atoms with Crippen molar-refractivity contribution in [3.8, 4) is 0 Å². The van der Waals surface area contributed by atoms with Crippen LogP contribution in [0.3, 0.4) is 0 Å². The molecule has 0 spiro atoms. The molecule has 0 amide bonds. The van der Waals surface area contributed by atoms with E-state index in [1.807, 2.05) is 0 Å². The van der Waals surface area contributed by atoms with E-state index in [0.717, 1.165) is 6.42 Å². The Hall–Kier alpha value is -0.353. The molecule has 2 unspecified atom stereocenters. The molecule has 3 atom stereocenters. The monoisotopic (exact) mass is 241 g/mol. The van der Waals surface area contributed by atoms with Crippen LogP contribution in [0.25, 0.3) is 0 Å². The van der Waals surface area contributed by atoms with Crippen LogP contribution in [0, 0.1) is 5.92 Å². The molecule has 92 valence electrons. The number of hydrogen-bond donors (Lipinski definition) is 1. The smallest absolute Gasteiger partial charge is 0.309 e. The van der Waals surface area contributed by atoms with Crippen molar-refractivity contribution < 1.29 is 9.22 Å². The van der Waals surface area contributed by atoms with E-state index in [2.05, 4.69) is 25.0 Å². The van der Waals surface area contributed by atoms with E-state index < -0.39 is 8.32 Å². The highest BCUT2D eigenvalue weighted by Gasteiger charge is 2.39. The Morgan fingerprint density at radius 2 is 1.94 bits per heavy atom. The summed E-state index contributed by atoms with van der Waals surface area (Å²) in [6, 6.07) is 0.549. The Labute approximate surface area is 99.1 Å². The lowest BCUT2D eigenvalue weighted by atomic mass is 9.85. The number of hydrogen-bond acceptors (Lipinski definition) is 3. The molecule has 1 aliphatic carbocycles. The minimum atomic E-state index is -1.73. The summed E-state index contributed by atoms with van der Waals surface area (Å²) < 4.78 is 5.57. The summed E-state index contributed by atoms with van der Waals surface area (Å²) in [4.78, 5) is 12.0. The molecule has 0 radical (unpaired) electrons. The fourth-order valence-corrected chi connectivity index (χ4v) is 3.62. The van der Waals surface area contributed by atoms with Gasteiger partial charge in [0.2, 0.25) is 8.32 Å². The zero-order chi connectivity index (χ0) is 11.8. The average molecular weight is 241 g/mol. The second-order valence-corrected chi connectivity index (χ2v) is 10.6. The fourth-order valence-electron chi connectivity index (χ4n) is 2.88. The molecule has 0 aromatic rings. The Bertz CT molecular complexity index is 261. The van der Waals surface area contributed by atoms with Gasteiger partial charge in [0.25, 0.3) is 0 Å². The largest absolute Gasteiger partial charge is 0.519 e. The van der Waals surface area contributed by atoms with Crippen molar-refractivity contribution in [1.82, 2.24) is 5.32 Å². The molecule has 1 saturated carbocycles. The van der Waals surface area contributed by atoms with E-state index in [1.54, 1.807) is 0 Å². The summed E-state index contributed by atoms with van der Waals surface area (Å²) in [6.07, 6.45) is 6.16. The van der Waals surface area contributed by atoms with Crippen LogP contribution in [0.1, 0.15) is 32.1 Å². The molecule has 0 bridgehead atoms. The number of fused-ring (bicyclic) bond motifs is 1. The zero-order valence-corrected chi connectivity index (χ0v) is 11.6. The number of carbonyl (C=O) groups excluding carboxylic acids is 1. The van der Waals surface area contributed by atoms with Crippen LogP contribution < -0.4 is 5.32 Å². The summed E-state index contributed by atoms with van der Waals surface area (Å²) in [6.45, 7) is 6.19. The predicted octanol–water partition coefficient (Wildman–Crippen LogP) is 2.29. The summed E-state index contributed by atoms with van der Waals surface area (Å²) in [7, 11) is -1.73. The maximum atomic E-state index is 12.0. The molecule has 2 fully saturated rings. The predicted molar refractivity (Wildman–Crippen MR) is 66.7 cm³/mol. The van der Waals surface area contributed by atoms with E-state index >= 15 is 0 Å². The van der Waals surface area contributed by atoms with Crippen LogP contribution in [-0.2, 0) is 9.22 Å². The van der Waals surface area contributed by atoms with Gasteiger partial charge in [-0.3, -0.25) is 4.79 Å². The van der Waals surface area contributed by atoms with Gasteiger partial charge in [-0.1, -0.05) is 12.8 Å². The van der Waals surface area contributed by atoms with Crippen molar-refractivity contribution in [3.63, 3.8) is 0 Å². The molecule has 2 rings (SSSR count). The van der Waals surface area contributed by atoms with Gasteiger partial charge in [0, 0.05) is 6.04 Å². The number of rotatable bonds is 2. The lowest BCUT2D eigenvalue weighted by molar-refractivity contribution is -0.137. The lowest BCUT2D eigenvalue weighted by Gasteiger charge is -2.24. The molecule has 0 aromatic carbocycles. The first-order chi connectivity index (χ1) is 7.46. The maximum Gasteiger partial charge on any atom is 0.309 e. The minimum absolute atomic E-state index is 0.00596. The molecular formula is C12H23NO2Si. The van der Waals surface area contributed by atoms with Crippen LogP contribution in [0.2, 0.25) is 19.6 Å². The van der Waals surface area contributed by atoms with E-state index in [-0.39, 0.29) is 12.0 Å². The summed E-state index contributed by atoms with van der Waals surface area (Å²) in [5.74, 6) is 0.710. The third-order valence-electron chi connectivity index (χ3n) is 3.55. The Kier molecular flexibility index (Phi) is 3.40. The van der Waals surface area contributed by atoms with Crippen LogP contribution in [0.4, 0.5) is 0 Å². The van der Waals surface area contributed by atoms with Crippen molar-refractivity contribution in [1.29, 1.82) is 0 Å². The maximum absolute atomic E-state index is 12.0. The molecule has 1 heterocycles.